The molecule has 0 spiro atoms. The highest BCUT2D eigenvalue weighted by Crippen LogP contribution is 2.30. The lowest BCUT2D eigenvalue weighted by Crippen LogP contribution is -2.56. The minimum Gasteiger partial charge on any atom is -0.483 e. The van der Waals surface area contributed by atoms with Gasteiger partial charge in [0.2, 0.25) is 11.8 Å². The third kappa shape index (κ3) is 9.73. The standard InChI is InChI=1S/C38H50N6O9/c1-3-51-38(50)43-18-16-42(17-19-43)37(49)28(13-14-34(46)53-22-25-10-11-25)41-35(47)30-21-32(27-12-9-24(2)20-29(27)40-30)52-23-33(45)44-15-5-8-31(44)36(48)39-26-6-4-7-26/h9,12,20-21,25-26,28,31H,3-8,10-11,13-19,22-23H2,1-2H3,(H,39,48)(H,41,47). The quantitative estimate of drug-likeness (QED) is 0.275. The van der Waals surface area contributed by atoms with Gasteiger partial charge in [0, 0.05) is 56.6 Å². The van der Waals surface area contributed by atoms with E-state index in [0.29, 0.717) is 36.4 Å². The maximum Gasteiger partial charge on any atom is 0.409 e. The van der Waals surface area contributed by atoms with E-state index in [1.54, 1.807) is 28.9 Å². The van der Waals surface area contributed by atoms with Crippen molar-refractivity contribution in [2.24, 2.45) is 5.92 Å². The summed E-state index contributed by atoms with van der Waals surface area (Å²) in [6, 6.07) is 5.46. The maximum absolute atomic E-state index is 13.9. The van der Waals surface area contributed by atoms with Crippen LogP contribution >= 0.6 is 0 Å². The number of hydrogen-bond donors (Lipinski definition) is 2. The number of carbonyl (C=O) groups is 6. The number of aromatic nitrogens is 1. The number of pyridine rings is 1. The van der Waals surface area contributed by atoms with Gasteiger partial charge in [-0.2, -0.15) is 0 Å². The Morgan fingerprint density at radius 2 is 1.66 bits per heavy atom. The molecule has 2 atom stereocenters. The molecule has 2 N–H and O–H groups in total. The Kier molecular flexibility index (Phi) is 12.3. The average molecular weight is 735 g/mol. The monoisotopic (exact) mass is 734 g/mol. The molecule has 15 heteroatoms. The van der Waals surface area contributed by atoms with Crippen molar-refractivity contribution in [1.82, 2.24) is 30.3 Å². The largest absolute Gasteiger partial charge is 0.483 e. The number of amides is 5. The predicted octanol–water partition coefficient (Wildman–Crippen LogP) is 2.71. The zero-order valence-corrected chi connectivity index (χ0v) is 30.6. The molecule has 0 radical (unpaired) electrons. The van der Waals surface area contributed by atoms with Gasteiger partial charge >= 0.3 is 12.1 Å². The third-order valence-electron chi connectivity index (χ3n) is 10.4. The molecular weight excluding hydrogens is 684 g/mol. The molecule has 0 bridgehead atoms. The van der Waals surface area contributed by atoms with Crippen molar-refractivity contribution >= 4 is 46.6 Å². The van der Waals surface area contributed by atoms with Crippen molar-refractivity contribution < 1.29 is 43.0 Å². The Bertz CT molecular complexity index is 1700. The Hall–Kier alpha value is -4.95. The van der Waals surface area contributed by atoms with Gasteiger partial charge in [0.15, 0.2) is 6.61 Å². The lowest BCUT2D eigenvalue weighted by Gasteiger charge is -2.36. The molecule has 2 saturated heterocycles. The number of benzene rings is 1. The summed E-state index contributed by atoms with van der Waals surface area (Å²) < 4.78 is 16.5. The Morgan fingerprint density at radius 3 is 2.36 bits per heavy atom. The number of carbonyl (C=O) groups excluding carboxylic acids is 6. The third-order valence-corrected chi connectivity index (χ3v) is 10.4. The van der Waals surface area contributed by atoms with E-state index in [0.717, 1.165) is 44.1 Å². The van der Waals surface area contributed by atoms with Gasteiger partial charge in [-0.05, 0) is 88.8 Å². The second-order valence-electron chi connectivity index (χ2n) is 14.4. The lowest BCUT2D eigenvalue weighted by molar-refractivity contribution is -0.144. The molecule has 1 aromatic carbocycles. The fraction of sp³-hybridized carbons (Fsp3) is 0.605. The molecule has 2 saturated carbocycles. The molecule has 2 aliphatic heterocycles. The van der Waals surface area contributed by atoms with Gasteiger partial charge in [0.05, 0.1) is 18.7 Å². The SMILES string of the molecule is CCOC(=O)N1CCN(C(=O)C(CCC(=O)OCC2CC2)NC(=O)c2cc(OCC(=O)N3CCCC3C(=O)NC3CCC3)c3ccc(C)cc3n2)CC1. The van der Waals surface area contributed by atoms with Crippen molar-refractivity contribution in [3.63, 3.8) is 0 Å². The minimum atomic E-state index is -1.08. The van der Waals surface area contributed by atoms with Crippen LogP contribution in [0.5, 0.6) is 5.75 Å². The normalized spacial score (nSPS) is 19.3. The number of likely N-dealkylation sites (tertiary alicyclic amines) is 1. The first-order valence-corrected chi connectivity index (χ1v) is 18.9. The molecule has 5 amide bonds. The summed E-state index contributed by atoms with van der Waals surface area (Å²) in [5.74, 6) is -1.33. The van der Waals surface area contributed by atoms with E-state index in [2.05, 4.69) is 15.6 Å². The summed E-state index contributed by atoms with van der Waals surface area (Å²) in [5, 5.41) is 6.43. The molecule has 2 unspecified atom stereocenters. The van der Waals surface area contributed by atoms with Gasteiger partial charge in [-0.1, -0.05) is 6.07 Å². The number of hydrogen-bond acceptors (Lipinski definition) is 10. The molecule has 53 heavy (non-hydrogen) atoms. The van der Waals surface area contributed by atoms with Gasteiger partial charge < -0.3 is 39.5 Å². The summed E-state index contributed by atoms with van der Waals surface area (Å²) in [6.07, 6.45) is 5.83. The van der Waals surface area contributed by atoms with Gasteiger partial charge in [-0.3, -0.25) is 24.0 Å². The molecule has 15 nitrogen and oxygen atoms in total. The van der Waals surface area contributed by atoms with Crippen LogP contribution < -0.4 is 15.4 Å². The zero-order chi connectivity index (χ0) is 37.5. The molecule has 3 heterocycles. The molecule has 286 valence electrons. The van der Waals surface area contributed by atoms with Crippen LogP contribution in [0.4, 0.5) is 4.79 Å². The van der Waals surface area contributed by atoms with E-state index in [1.165, 1.54) is 11.0 Å². The summed E-state index contributed by atoms with van der Waals surface area (Å²) in [6.45, 7) is 5.31. The number of ether oxygens (including phenoxy) is 3. The van der Waals surface area contributed by atoms with E-state index in [9.17, 15) is 28.8 Å². The van der Waals surface area contributed by atoms with E-state index in [-0.39, 0.29) is 81.5 Å². The van der Waals surface area contributed by atoms with Crippen molar-refractivity contribution in [3.05, 3.63) is 35.5 Å². The molecule has 4 fully saturated rings. The number of fused-ring (bicyclic) bond motifs is 1. The fourth-order valence-electron chi connectivity index (χ4n) is 6.82. The van der Waals surface area contributed by atoms with E-state index in [4.69, 9.17) is 14.2 Å². The van der Waals surface area contributed by atoms with Crippen LogP contribution in [0.2, 0.25) is 0 Å². The summed E-state index contributed by atoms with van der Waals surface area (Å²) in [7, 11) is 0. The smallest absolute Gasteiger partial charge is 0.409 e. The lowest BCUT2D eigenvalue weighted by atomic mass is 9.93. The summed E-state index contributed by atoms with van der Waals surface area (Å²) >= 11 is 0. The van der Waals surface area contributed by atoms with Crippen LogP contribution in [0.1, 0.15) is 80.8 Å². The second-order valence-corrected chi connectivity index (χ2v) is 14.4. The Balaban J connectivity index is 1.15. The van der Waals surface area contributed by atoms with Gasteiger partial charge in [0.1, 0.15) is 23.5 Å². The fourth-order valence-corrected chi connectivity index (χ4v) is 6.82. The van der Waals surface area contributed by atoms with Crippen LogP contribution in [0.15, 0.2) is 24.3 Å². The van der Waals surface area contributed by atoms with Crippen LogP contribution in [-0.2, 0) is 28.7 Å². The number of esters is 1. The first-order valence-electron chi connectivity index (χ1n) is 18.9. The Labute approximate surface area is 309 Å². The number of aryl methyl sites for hydroxylation is 1. The topological polar surface area (TPSA) is 177 Å². The summed E-state index contributed by atoms with van der Waals surface area (Å²) in [5.41, 5.74) is 1.31. The number of nitrogens with one attached hydrogen (secondary N) is 2. The minimum absolute atomic E-state index is 0.00202. The van der Waals surface area contributed by atoms with Crippen LogP contribution in [0.25, 0.3) is 10.9 Å². The van der Waals surface area contributed by atoms with Crippen LogP contribution in [-0.4, -0.2) is 126 Å². The van der Waals surface area contributed by atoms with Gasteiger partial charge in [-0.25, -0.2) is 9.78 Å². The molecule has 4 aliphatic rings. The highest BCUT2D eigenvalue weighted by molar-refractivity contribution is 5.99. The number of piperazine rings is 1. The Morgan fingerprint density at radius 1 is 0.906 bits per heavy atom. The van der Waals surface area contributed by atoms with Crippen molar-refractivity contribution in [1.29, 1.82) is 0 Å². The van der Waals surface area contributed by atoms with Crippen molar-refractivity contribution in [2.45, 2.75) is 89.8 Å². The summed E-state index contributed by atoms with van der Waals surface area (Å²) in [4.78, 5) is 88.1. The van der Waals surface area contributed by atoms with E-state index < -0.39 is 36.0 Å². The first-order chi connectivity index (χ1) is 25.6. The zero-order valence-electron chi connectivity index (χ0n) is 30.6. The maximum atomic E-state index is 13.9. The van der Waals surface area contributed by atoms with Crippen LogP contribution in [0, 0.1) is 12.8 Å². The first kappa shape index (κ1) is 37.8. The van der Waals surface area contributed by atoms with Gasteiger partial charge in [-0.15, -0.1) is 0 Å². The highest BCUT2D eigenvalue weighted by atomic mass is 16.6. The second kappa shape index (κ2) is 17.3. The number of nitrogens with zero attached hydrogens (tertiary/aromatic N) is 4. The predicted molar refractivity (Wildman–Crippen MR) is 192 cm³/mol. The highest BCUT2D eigenvalue weighted by Gasteiger charge is 2.36. The number of rotatable bonds is 14. The van der Waals surface area contributed by atoms with Crippen molar-refractivity contribution in [3.8, 4) is 5.75 Å². The average Bonchev–Trinajstić information content (AvgIpc) is 3.84. The molecule has 6 rings (SSSR count). The molecule has 1 aromatic heterocycles. The molecule has 2 aromatic rings. The molecule has 2 aliphatic carbocycles. The van der Waals surface area contributed by atoms with E-state index in [1.807, 2.05) is 13.0 Å². The van der Waals surface area contributed by atoms with Crippen LogP contribution in [0.3, 0.4) is 0 Å². The van der Waals surface area contributed by atoms with E-state index >= 15 is 0 Å². The van der Waals surface area contributed by atoms with Gasteiger partial charge in [0.25, 0.3) is 11.8 Å². The van der Waals surface area contributed by atoms with Crippen molar-refractivity contribution in [2.75, 3.05) is 52.5 Å². The molecular formula is C38H50N6O9.